The number of fused-ring (bicyclic) bond motifs is 1. The molecule has 2 heterocycles. The number of amides is 1. The summed E-state index contributed by atoms with van der Waals surface area (Å²) in [5.74, 6) is 0.896. The SMILES string of the molecule is CCCCOc1ccc(C(=O)NC(=S)Nc2ccc3oc(-c4cncc(Br)c4)nc3c2)cc1. The first kappa shape index (κ1) is 22.9. The summed E-state index contributed by atoms with van der Waals surface area (Å²) in [6.45, 7) is 2.77. The number of hydrogen-bond acceptors (Lipinski definition) is 6. The predicted molar refractivity (Wildman–Crippen MR) is 135 cm³/mol. The van der Waals surface area contributed by atoms with Gasteiger partial charge >= 0.3 is 0 Å². The molecule has 0 radical (unpaired) electrons. The van der Waals surface area contributed by atoms with Gasteiger partial charge < -0.3 is 14.5 Å². The lowest BCUT2D eigenvalue weighted by Crippen LogP contribution is -2.34. The Balaban J connectivity index is 1.38. The van der Waals surface area contributed by atoms with Gasteiger partial charge in [0.2, 0.25) is 5.89 Å². The molecule has 0 saturated heterocycles. The summed E-state index contributed by atoms with van der Waals surface area (Å²) in [7, 11) is 0. The number of nitrogens with one attached hydrogen (secondary N) is 2. The molecule has 0 fully saturated rings. The predicted octanol–water partition coefficient (Wildman–Crippen LogP) is 5.96. The largest absolute Gasteiger partial charge is 0.494 e. The summed E-state index contributed by atoms with van der Waals surface area (Å²) < 4.78 is 12.3. The van der Waals surface area contributed by atoms with E-state index in [9.17, 15) is 4.79 Å². The molecule has 4 aromatic rings. The van der Waals surface area contributed by atoms with Crippen LogP contribution in [0.4, 0.5) is 5.69 Å². The fraction of sp³-hybridized carbons (Fsp3) is 0.167. The second-order valence-corrected chi connectivity index (χ2v) is 8.55. The number of rotatable bonds is 7. The molecule has 168 valence electrons. The maximum atomic E-state index is 12.5. The van der Waals surface area contributed by atoms with Gasteiger partial charge in [0.25, 0.3) is 5.91 Å². The molecule has 2 aromatic carbocycles. The van der Waals surface area contributed by atoms with Gasteiger partial charge in [-0.25, -0.2) is 4.98 Å². The van der Waals surface area contributed by atoms with Gasteiger partial charge in [-0.15, -0.1) is 0 Å². The number of thiocarbonyl (C=S) groups is 1. The third-order valence-electron chi connectivity index (χ3n) is 4.71. The van der Waals surface area contributed by atoms with Crippen LogP contribution in [0, 0.1) is 0 Å². The summed E-state index contributed by atoms with van der Waals surface area (Å²) in [6, 6.07) is 14.2. The average Bonchev–Trinajstić information content (AvgIpc) is 3.23. The molecule has 33 heavy (non-hydrogen) atoms. The van der Waals surface area contributed by atoms with Crippen molar-refractivity contribution in [1.29, 1.82) is 0 Å². The molecule has 2 N–H and O–H groups in total. The first-order valence-electron chi connectivity index (χ1n) is 10.4. The molecule has 0 atom stereocenters. The Morgan fingerprint density at radius 1 is 1.15 bits per heavy atom. The quantitative estimate of drug-likeness (QED) is 0.227. The van der Waals surface area contributed by atoms with Crippen molar-refractivity contribution < 1.29 is 13.9 Å². The molecule has 1 amide bonds. The van der Waals surface area contributed by atoms with Crippen molar-refractivity contribution in [3.05, 3.63) is 71.0 Å². The van der Waals surface area contributed by atoms with Gasteiger partial charge in [-0.3, -0.25) is 15.1 Å². The Kier molecular flexibility index (Phi) is 7.31. The van der Waals surface area contributed by atoms with Gasteiger partial charge in [0, 0.05) is 28.1 Å². The zero-order valence-corrected chi connectivity index (χ0v) is 20.2. The molecule has 0 saturated carbocycles. The van der Waals surface area contributed by atoms with Crippen LogP contribution in [-0.4, -0.2) is 27.6 Å². The van der Waals surface area contributed by atoms with Gasteiger partial charge in [0.05, 0.1) is 12.2 Å². The van der Waals surface area contributed by atoms with E-state index >= 15 is 0 Å². The van der Waals surface area contributed by atoms with E-state index in [4.69, 9.17) is 21.4 Å². The lowest BCUT2D eigenvalue weighted by molar-refractivity contribution is 0.0977. The molecule has 7 nitrogen and oxygen atoms in total. The van der Waals surface area contributed by atoms with Gasteiger partial charge in [0.1, 0.15) is 11.3 Å². The monoisotopic (exact) mass is 524 g/mol. The Hall–Kier alpha value is -3.30. The Bertz CT molecular complexity index is 1290. The molecule has 4 rings (SSSR count). The van der Waals surface area contributed by atoms with Gasteiger partial charge in [-0.2, -0.15) is 0 Å². The van der Waals surface area contributed by atoms with Crippen molar-refractivity contribution in [1.82, 2.24) is 15.3 Å². The van der Waals surface area contributed by atoms with E-state index in [0.717, 1.165) is 28.6 Å². The highest BCUT2D eigenvalue weighted by molar-refractivity contribution is 9.10. The van der Waals surface area contributed by atoms with Crippen molar-refractivity contribution in [3.8, 4) is 17.2 Å². The number of benzene rings is 2. The summed E-state index contributed by atoms with van der Waals surface area (Å²) in [5, 5.41) is 5.88. The van der Waals surface area contributed by atoms with Crippen LogP contribution in [-0.2, 0) is 0 Å². The van der Waals surface area contributed by atoms with Crippen molar-refractivity contribution >= 4 is 56.0 Å². The number of hydrogen-bond donors (Lipinski definition) is 2. The Morgan fingerprint density at radius 3 is 2.73 bits per heavy atom. The zero-order chi connectivity index (χ0) is 23.2. The van der Waals surface area contributed by atoms with Crippen molar-refractivity contribution in [2.45, 2.75) is 19.8 Å². The number of anilines is 1. The van der Waals surface area contributed by atoms with E-state index in [1.54, 1.807) is 54.9 Å². The molecule has 0 aliphatic rings. The topological polar surface area (TPSA) is 89.3 Å². The number of oxazole rings is 1. The van der Waals surface area contributed by atoms with E-state index in [0.29, 0.717) is 34.8 Å². The van der Waals surface area contributed by atoms with Crippen LogP contribution in [0.5, 0.6) is 5.75 Å². The number of unbranched alkanes of at least 4 members (excludes halogenated alkanes) is 1. The van der Waals surface area contributed by atoms with E-state index < -0.39 is 0 Å². The smallest absolute Gasteiger partial charge is 0.257 e. The maximum Gasteiger partial charge on any atom is 0.257 e. The average molecular weight is 525 g/mol. The highest BCUT2D eigenvalue weighted by Crippen LogP contribution is 2.27. The second-order valence-electron chi connectivity index (χ2n) is 7.23. The van der Waals surface area contributed by atoms with Crippen LogP contribution >= 0.6 is 28.1 Å². The molecule has 9 heteroatoms. The third kappa shape index (κ3) is 5.94. The standard InChI is InChI=1S/C24H21BrN4O3S/c1-2-3-10-31-19-7-4-15(5-8-19)22(30)29-24(33)27-18-6-9-21-20(12-18)28-23(32-21)16-11-17(25)14-26-13-16/h4-9,11-14H,2-3,10H2,1H3,(H2,27,29,30,33). The number of carbonyl (C=O) groups excluding carboxylic acids is 1. The highest BCUT2D eigenvalue weighted by atomic mass is 79.9. The first-order valence-corrected chi connectivity index (χ1v) is 11.6. The number of pyridine rings is 1. The van der Waals surface area contributed by atoms with Crippen LogP contribution < -0.4 is 15.4 Å². The van der Waals surface area contributed by atoms with Crippen LogP contribution in [0.3, 0.4) is 0 Å². The molecule has 0 unspecified atom stereocenters. The molecule has 0 aliphatic heterocycles. The number of carbonyl (C=O) groups is 1. The fourth-order valence-corrected chi connectivity index (χ4v) is 3.61. The lowest BCUT2D eigenvalue weighted by atomic mass is 10.2. The minimum absolute atomic E-state index is 0.183. The van der Waals surface area contributed by atoms with Gasteiger partial charge in [-0.1, -0.05) is 13.3 Å². The van der Waals surface area contributed by atoms with Gasteiger partial charge in [0.15, 0.2) is 10.7 Å². The van der Waals surface area contributed by atoms with E-state index in [1.165, 1.54) is 0 Å². The minimum atomic E-state index is -0.306. The van der Waals surface area contributed by atoms with Crippen LogP contribution in [0.1, 0.15) is 30.1 Å². The Labute approximate surface area is 204 Å². The number of nitrogens with zero attached hydrogens (tertiary/aromatic N) is 2. The third-order valence-corrected chi connectivity index (χ3v) is 5.35. The van der Waals surface area contributed by atoms with Crippen molar-refractivity contribution in [2.75, 3.05) is 11.9 Å². The van der Waals surface area contributed by atoms with Crippen molar-refractivity contribution in [2.24, 2.45) is 0 Å². The summed E-state index contributed by atoms with van der Waals surface area (Å²) in [4.78, 5) is 21.2. The molecule has 0 aliphatic carbocycles. The minimum Gasteiger partial charge on any atom is -0.494 e. The van der Waals surface area contributed by atoms with Crippen LogP contribution in [0.2, 0.25) is 0 Å². The lowest BCUT2D eigenvalue weighted by Gasteiger charge is -2.10. The zero-order valence-electron chi connectivity index (χ0n) is 17.8. The molecule has 2 aromatic heterocycles. The van der Waals surface area contributed by atoms with E-state index in [-0.39, 0.29) is 11.0 Å². The number of aromatic nitrogens is 2. The van der Waals surface area contributed by atoms with Crippen molar-refractivity contribution in [3.63, 3.8) is 0 Å². The number of ether oxygens (including phenoxy) is 1. The molecule has 0 spiro atoms. The van der Waals surface area contributed by atoms with E-state index in [1.807, 2.05) is 6.07 Å². The summed E-state index contributed by atoms with van der Waals surface area (Å²) in [5.41, 5.74) is 3.22. The van der Waals surface area contributed by atoms with Crippen LogP contribution in [0.15, 0.2) is 69.8 Å². The van der Waals surface area contributed by atoms with Gasteiger partial charge in [-0.05, 0) is 83.1 Å². The second kappa shape index (κ2) is 10.5. The molecular weight excluding hydrogens is 504 g/mol. The fourth-order valence-electron chi connectivity index (χ4n) is 3.03. The number of halogens is 1. The normalized spacial score (nSPS) is 10.7. The van der Waals surface area contributed by atoms with Crippen LogP contribution in [0.25, 0.3) is 22.6 Å². The first-order chi connectivity index (χ1) is 16.0. The Morgan fingerprint density at radius 2 is 1.97 bits per heavy atom. The van der Waals surface area contributed by atoms with E-state index in [2.05, 4.69) is 43.5 Å². The summed E-state index contributed by atoms with van der Waals surface area (Å²) in [6.07, 6.45) is 5.44. The highest BCUT2D eigenvalue weighted by Gasteiger charge is 2.12. The molecule has 0 bridgehead atoms. The maximum absolute atomic E-state index is 12.5. The summed E-state index contributed by atoms with van der Waals surface area (Å²) >= 11 is 8.70. The molecular formula is C24H21BrN4O3S.